The first-order valence-electron chi connectivity index (χ1n) is 6.02. The lowest BCUT2D eigenvalue weighted by molar-refractivity contribution is 0.0827. The smallest absolute Gasteiger partial charge is 0.257 e. The van der Waals surface area contributed by atoms with Crippen molar-refractivity contribution in [2.24, 2.45) is 0 Å². The Morgan fingerprint density at radius 1 is 1.20 bits per heavy atom. The van der Waals surface area contributed by atoms with E-state index in [4.69, 9.17) is 17.3 Å². The van der Waals surface area contributed by atoms with Crippen LogP contribution in [0.25, 0.3) is 11.3 Å². The van der Waals surface area contributed by atoms with Gasteiger partial charge in [0.1, 0.15) is 0 Å². The second-order valence-corrected chi connectivity index (χ2v) is 5.03. The summed E-state index contributed by atoms with van der Waals surface area (Å²) in [5.41, 5.74) is 8.00. The summed E-state index contributed by atoms with van der Waals surface area (Å²) in [6, 6.07) is 7.09. The Hall–Kier alpha value is -2.14. The van der Waals surface area contributed by atoms with E-state index in [1.165, 1.54) is 4.90 Å². The average Bonchev–Trinajstić information content (AvgIpc) is 2.38. The molecule has 0 spiro atoms. The van der Waals surface area contributed by atoms with Crippen LogP contribution < -0.4 is 5.73 Å². The van der Waals surface area contributed by atoms with Crippen LogP contribution in [0.5, 0.6) is 0 Å². The Kier molecular flexibility index (Phi) is 3.90. The van der Waals surface area contributed by atoms with Gasteiger partial charge in [0.2, 0.25) is 5.95 Å². The second kappa shape index (κ2) is 5.46. The zero-order valence-electron chi connectivity index (χ0n) is 11.5. The van der Waals surface area contributed by atoms with Gasteiger partial charge in [-0.25, -0.2) is 9.97 Å². The van der Waals surface area contributed by atoms with E-state index in [2.05, 4.69) is 9.97 Å². The molecule has 0 aliphatic carbocycles. The molecular weight excluding hydrogens is 276 g/mol. The predicted molar refractivity (Wildman–Crippen MR) is 79.6 cm³/mol. The number of nitrogens with two attached hydrogens (primary N) is 1. The monoisotopic (exact) mass is 290 g/mol. The van der Waals surface area contributed by atoms with Crippen LogP contribution in [0, 0.1) is 6.92 Å². The molecular formula is C14H15ClN4O. The van der Waals surface area contributed by atoms with Crippen molar-refractivity contribution in [3.05, 3.63) is 40.5 Å². The van der Waals surface area contributed by atoms with Crippen molar-refractivity contribution >= 4 is 23.5 Å². The fraction of sp³-hybridized carbons (Fsp3) is 0.214. The maximum absolute atomic E-state index is 12.3. The Morgan fingerprint density at radius 2 is 1.80 bits per heavy atom. The van der Waals surface area contributed by atoms with Crippen molar-refractivity contribution in [1.29, 1.82) is 0 Å². The largest absolute Gasteiger partial charge is 0.368 e. The number of benzene rings is 1. The Labute approximate surface area is 122 Å². The number of hydrogen-bond donors (Lipinski definition) is 1. The normalized spacial score (nSPS) is 10.4. The van der Waals surface area contributed by atoms with E-state index in [9.17, 15) is 4.79 Å². The van der Waals surface area contributed by atoms with Gasteiger partial charge in [0.25, 0.3) is 5.91 Å². The molecule has 0 radical (unpaired) electrons. The number of anilines is 1. The maximum atomic E-state index is 12.3. The molecule has 5 nitrogen and oxygen atoms in total. The van der Waals surface area contributed by atoms with Crippen molar-refractivity contribution in [2.45, 2.75) is 6.92 Å². The van der Waals surface area contributed by atoms with Crippen molar-refractivity contribution in [3.63, 3.8) is 0 Å². The molecule has 1 heterocycles. The summed E-state index contributed by atoms with van der Waals surface area (Å²) < 4.78 is 0. The molecule has 0 saturated heterocycles. The number of halogens is 1. The van der Waals surface area contributed by atoms with Gasteiger partial charge in [-0.1, -0.05) is 23.7 Å². The number of aryl methyl sites for hydroxylation is 1. The van der Waals surface area contributed by atoms with Crippen molar-refractivity contribution in [3.8, 4) is 11.3 Å². The molecule has 2 aromatic rings. The highest BCUT2D eigenvalue weighted by Crippen LogP contribution is 2.26. The van der Waals surface area contributed by atoms with Crippen molar-refractivity contribution in [1.82, 2.24) is 14.9 Å². The molecule has 0 saturated carbocycles. The average molecular weight is 291 g/mol. The number of carbonyl (C=O) groups excluding carboxylic acids is 1. The molecule has 0 aliphatic heterocycles. The van der Waals surface area contributed by atoms with Crippen LogP contribution >= 0.6 is 11.6 Å². The number of nitrogen functional groups attached to an aromatic ring is 1. The molecule has 0 bridgehead atoms. The number of hydrogen-bond acceptors (Lipinski definition) is 4. The van der Waals surface area contributed by atoms with Crippen LogP contribution in [0.1, 0.15) is 16.1 Å². The fourth-order valence-electron chi connectivity index (χ4n) is 1.89. The molecule has 104 valence electrons. The van der Waals surface area contributed by atoms with E-state index in [0.29, 0.717) is 22.0 Å². The summed E-state index contributed by atoms with van der Waals surface area (Å²) in [6.07, 6.45) is 0. The van der Waals surface area contributed by atoms with Gasteiger partial charge >= 0.3 is 0 Å². The number of carbonyl (C=O) groups is 1. The molecule has 0 atom stereocenters. The van der Waals surface area contributed by atoms with Crippen LogP contribution in [-0.4, -0.2) is 34.9 Å². The lowest BCUT2D eigenvalue weighted by Gasteiger charge is -2.15. The molecule has 0 unspecified atom stereocenters. The molecule has 0 aliphatic rings. The highest BCUT2D eigenvalue weighted by molar-refractivity contribution is 6.30. The quantitative estimate of drug-likeness (QED) is 0.922. The minimum absolute atomic E-state index is 0.141. The lowest BCUT2D eigenvalue weighted by Crippen LogP contribution is -2.24. The third kappa shape index (κ3) is 2.72. The summed E-state index contributed by atoms with van der Waals surface area (Å²) in [4.78, 5) is 22.1. The first kappa shape index (κ1) is 14.3. The highest BCUT2D eigenvalue weighted by atomic mass is 35.5. The molecule has 20 heavy (non-hydrogen) atoms. The van der Waals surface area contributed by atoms with E-state index >= 15 is 0 Å². The Bertz CT molecular complexity index is 653. The summed E-state index contributed by atoms with van der Waals surface area (Å²) in [6.45, 7) is 1.74. The van der Waals surface area contributed by atoms with Crippen LogP contribution in [0.2, 0.25) is 5.02 Å². The predicted octanol–water partition coefficient (Wildman–Crippen LogP) is 2.39. The zero-order valence-corrected chi connectivity index (χ0v) is 12.3. The summed E-state index contributed by atoms with van der Waals surface area (Å²) >= 11 is 5.88. The minimum Gasteiger partial charge on any atom is -0.368 e. The lowest BCUT2D eigenvalue weighted by atomic mass is 10.0. The van der Waals surface area contributed by atoms with Crippen LogP contribution in [0.4, 0.5) is 5.95 Å². The van der Waals surface area contributed by atoms with Gasteiger partial charge in [-0.05, 0) is 19.1 Å². The molecule has 1 aromatic carbocycles. The van der Waals surface area contributed by atoms with Gasteiger partial charge < -0.3 is 10.6 Å². The van der Waals surface area contributed by atoms with E-state index in [1.54, 1.807) is 45.3 Å². The van der Waals surface area contributed by atoms with Gasteiger partial charge in [-0.2, -0.15) is 0 Å². The minimum atomic E-state index is -0.160. The maximum Gasteiger partial charge on any atom is 0.257 e. The molecule has 2 N–H and O–H groups in total. The third-order valence-corrected chi connectivity index (χ3v) is 3.10. The van der Waals surface area contributed by atoms with Crippen molar-refractivity contribution in [2.75, 3.05) is 19.8 Å². The van der Waals surface area contributed by atoms with Crippen LogP contribution in [0.15, 0.2) is 24.3 Å². The van der Waals surface area contributed by atoms with E-state index in [1.807, 2.05) is 0 Å². The molecule has 0 fully saturated rings. The highest BCUT2D eigenvalue weighted by Gasteiger charge is 2.20. The summed E-state index contributed by atoms with van der Waals surface area (Å²) in [5.74, 6) is -0.0183. The van der Waals surface area contributed by atoms with E-state index < -0.39 is 0 Å². The van der Waals surface area contributed by atoms with Gasteiger partial charge in [-0.3, -0.25) is 4.79 Å². The number of aromatic nitrogens is 2. The topological polar surface area (TPSA) is 72.1 Å². The van der Waals surface area contributed by atoms with Gasteiger partial charge in [0, 0.05) is 24.7 Å². The SMILES string of the molecule is Cc1nc(N)nc(-c2ccc(Cl)cc2)c1C(=O)N(C)C. The van der Waals surface area contributed by atoms with E-state index in [-0.39, 0.29) is 11.9 Å². The zero-order chi connectivity index (χ0) is 14.9. The summed E-state index contributed by atoms with van der Waals surface area (Å²) in [5, 5.41) is 0.619. The Balaban J connectivity index is 2.67. The fourth-order valence-corrected chi connectivity index (χ4v) is 2.02. The molecule has 6 heteroatoms. The number of amides is 1. The molecule has 2 rings (SSSR count). The number of rotatable bonds is 2. The second-order valence-electron chi connectivity index (χ2n) is 4.60. The molecule has 1 aromatic heterocycles. The van der Waals surface area contributed by atoms with Crippen LogP contribution in [-0.2, 0) is 0 Å². The number of nitrogens with zero attached hydrogens (tertiary/aromatic N) is 3. The van der Waals surface area contributed by atoms with Gasteiger partial charge in [0.15, 0.2) is 0 Å². The van der Waals surface area contributed by atoms with Gasteiger partial charge in [0.05, 0.1) is 17.0 Å². The standard InChI is InChI=1S/C14H15ClN4O/c1-8-11(13(20)19(2)3)12(18-14(16)17-8)9-4-6-10(15)7-5-9/h4-7H,1-3H3,(H2,16,17,18). The summed E-state index contributed by atoms with van der Waals surface area (Å²) in [7, 11) is 3.37. The molecule has 1 amide bonds. The first-order chi connectivity index (χ1) is 9.40. The van der Waals surface area contributed by atoms with E-state index in [0.717, 1.165) is 5.56 Å². The first-order valence-corrected chi connectivity index (χ1v) is 6.39. The third-order valence-electron chi connectivity index (χ3n) is 2.84. The van der Waals surface area contributed by atoms with Crippen molar-refractivity contribution < 1.29 is 4.79 Å². The Morgan fingerprint density at radius 3 is 2.35 bits per heavy atom. The van der Waals surface area contributed by atoms with Gasteiger partial charge in [-0.15, -0.1) is 0 Å². The van der Waals surface area contributed by atoms with Crippen LogP contribution in [0.3, 0.4) is 0 Å².